The van der Waals surface area contributed by atoms with Gasteiger partial charge in [-0.05, 0) is 42.8 Å². The molecule has 0 aromatic carbocycles. The molecule has 1 aromatic rings. The standard InChI is InChI=1S/C23H34N4O3S2/c1-13(21(30)27(4)10-6-9-24)15-7-8-23(3)11-16-19(14(2)18(23)20(15)29)26-22(32-16)25-17(28)12-31-5/h13-15,18,20,29H,6-8,10-12H2,1-5H3,(H,25,26,28)/t13-,14-,15+,18+,20-,23+/m0/s1. The molecule has 6 atom stereocenters. The molecule has 0 radical (unpaired) electrons. The summed E-state index contributed by atoms with van der Waals surface area (Å²) in [5.41, 5.74) is 0.909. The molecule has 0 spiro atoms. The third-order valence-corrected chi connectivity index (χ3v) is 8.95. The molecule has 2 amide bonds. The predicted octanol–water partition coefficient (Wildman–Crippen LogP) is 3.51. The molecule has 9 heteroatoms. The zero-order chi connectivity index (χ0) is 23.6. The van der Waals surface area contributed by atoms with E-state index < -0.39 is 6.10 Å². The van der Waals surface area contributed by atoms with Gasteiger partial charge in [0.25, 0.3) is 0 Å². The fourth-order valence-electron chi connectivity index (χ4n) is 5.75. The van der Waals surface area contributed by atoms with E-state index in [4.69, 9.17) is 10.2 Å². The van der Waals surface area contributed by atoms with Crippen LogP contribution in [0.2, 0.25) is 0 Å². The Balaban J connectivity index is 1.79. The van der Waals surface area contributed by atoms with Crippen molar-refractivity contribution in [2.24, 2.45) is 23.2 Å². The lowest BCUT2D eigenvalue weighted by molar-refractivity contribution is -0.143. The van der Waals surface area contributed by atoms with Crippen LogP contribution in [-0.4, -0.2) is 58.5 Å². The minimum Gasteiger partial charge on any atom is -0.392 e. The number of aliphatic hydroxyl groups excluding tert-OH is 1. The summed E-state index contributed by atoms with van der Waals surface area (Å²) in [6.45, 7) is 6.68. The van der Waals surface area contributed by atoms with Crippen LogP contribution in [-0.2, 0) is 16.0 Å². The minimum atomic E-state index is -0.601. The Morgan fingerprint density at radius 2 is 2.22 bits per heavy atom. The number of nitrogens with zero attached hydrogens (tertiary/aromatic N) is 3. The second kappa shape index (κ2) is 10.1. The van der Waals surface area contributed by atoms with Gasteiger partial charge in [-0.25, -0.2) is 4.98 Å². The second-order valence-electron chi connectivity index (χ2n) is 9.60. The third-order valence-electron chi connectivity index (χ3n) is 7.41. The van der Waals surface area contributed by atoms with Crippen molar-refractivity contribution >= 4 is 40.0 Å². The van der Waals surface area contributed by atoms with E-state index in [9.17, 15) is 14.7 Å². The largest absolute Gasteiger partial charge is 0.392 e. The van der Waals surface area contributed by atoms with Crippen LogP contribution in [0.25, 0.3) is 0 Å². The fourth-order valence-corrected chi connectivity index (χ4v) is 7.36. The van der Waals surface area contributed by atoms with Gasteiger partial charge < -0.3 is 15.3 Å². The zero-order valence-electron chi connectivity index (χ0n) is 19.6. The normalized spacial score (nSPS) is 29.9. The van der Waals surface area contributed by atoms with E-state index >= 15 is 0 Å². The first-order valence-electron chi connectivity index (χ1n) is 11.2. The van der Waals surface area contributed by atoms with Crippen LogP contribution in [0.5, 0.6) is 0 Å². The number of thiazole rings is 1. The SMILES string of the molecule is CSCC(=O)Nc1nc2c(s1)C[C@@]1(C)CC[C@H]([C@H](C)C(=O)N(C)CCC#N)[C@H](O)[C@H]1[C@@H]2C. The molecule has 2 N–H and O–H groups in total. The highest BCUT2D eigenvalue weighted by atomic mass is 32.2. The average molecular weight is 479 g/mol. The highest BCUT2D eigenvalue weighted by Crippen LogP contribution is 2.57. The number of rotatable bonds is 7. The monoisotopic (exact) mass is 478 g/mol. The molecule has 0 aliphatic heterocycles. The number of fused-ring (bicyclic) bond motifs is 2. The van der Waals surface area contributed by atoms with E-state index in [-0.39, 0.29) is 40.9 Å². The summed E-state index contributed by atoms with van der Waals surface area (Å²) in [5, 5.41) is 23.9. The average Bonchev–Trinajstić information content (AvgIpc) is 3.12. The van der Waals surface area contributed by atoms with E-state index in [1.807, 2.05) is 13.2 Å². The van der Waals surface area contributed by atoms with Crippen molar-refractivity contribution in [2.75, 3.05) is 30.9 Å². The number of aliphatic hydroxyl groups is 1. The Morgan fingerprint density at radius 3 is 2.88 bits per heavy atom. The Morgan fingerprint density at radius 1 is 1.50 bits per heavy atom. The lowest BCUT2D eigenvalue weighted by Gasteiger charge is -2.53. The summed E-state index contributed by atoms with van der Waals surface area (Å²) in [4.78, 5) is 32.5. The molecule has 0 unspecified atom stereocenters. The molecule has 2 aliphatic rings. The Kier molecular flexibility index (Phi) is 7.89. The molecule has 2 aliphatic carbocycles. The van der Waals surface area contributed by atoms with Gasteiger partial charge in [0.2, 0.25) is 11.8 Å². The van der Waals surface area contributed by atoms with Gasteiger partial charge in [0.1, 0.15) is 0 Å². The Bertz CT molecular complexity index is 898. The molecule has 7 nitrogen and oxygen atoms in total. The van der Waals surface area contributed by atoms with Crippen LogP contribution < -0.4 is 5.32 Å². The maximum atomic E-state index is 12.9. The van der Waals surface area contributed by atoms with Gasteiger partial charge in [-0.3, -0.25) is 9.59 Å². The quantitative estimate of drug-likeness (QED) is 0.621. The number of nitrogens with one attached hydrogen (secondary N) is 1. The van der Waals surface area contributed by atoms with Crippen LogP contribution in [0.15, 0.2) is 0 Å². The molecule has 3 rings (SSSR count). The highest BCUT2D eigenvalue weighted by molar-refractivity contribution is 7.99. The number of hydrogen-bond donors (Lipinski definition) is 2. The summed E-state index contributed by atoms with van der Waals surface area (Å²) in [6.07, 6.45) is 4.17. The minimum absolute atomic E-state index is 0.00487. The zero-order valence-corrected chi connectivity index (χ0v) is 21.2. The number of thioether (sulfide) groups is 1. The van der Waals surface area contributed by atoms with E-state index in [0.29, 0.717) is 23.8 Å². The maximum absolute atomic E-state index is 12.9. The summed E-state index contributed by atoms with van der Waals surface area (Å²) in [7, 11) is 1.73. The van der Waals surface area contributed by atoms with Crippen LogP contribution in [0.1, 0.15) is 56.5 Å². The van der Waals surface area contributed by atoms with Crippen LogP contribution >= 0.6 is 23.1 Å². The van der Waals surface area contributed by atoms with Gasteiger partial charge in [-0.1, -0.05) is 20.8 Å². The number of hydrogen-bond acceptors (Lipinski definition) is 7. The van der Waals surface area contributed by atoms with E-state index in [1.165, 1.54) is 16.6 Å². The summed E-state index contributed by atoms with van der Waals surface area (Å²) < 4.78 is 0. The first-order valence-corrected chi connectivity index (χ1v) is 13.4. The number of aromatic nitrogens is 1. The van der Waals surface area contributed by atoms with Gasteiger partial charge in [0.05, 0.1) is 30.0 Å². The molecule has 176 valence electrons. The molecule has 1 heterocycles. The lowest BCUT2D eigenvalue weighted by Crippen LogP contribution is -2.53. The number of carbonyl (C=O) groups is 2. The second-order valence-corrected chi connectivity index (χ2v) is 11.6. The van der Waals surface area contributed by atoms with Crippen molar-refractivity contribution in [1.29, 1.82) is 5.26 Å². The molecular formula is C23H34N4O3S2. The molecule has 0 saturated heterocycles. The number of amides is 2. The van der Waals surface area contributed by atoms with Crippen molar-refractivity contribution < 1.29 is 14.7 Å². The van der Waals surface area contributed by atoms with E-state index in [1.54, 1.807) is 23.3 Å². The lowest BCUT2D eigenvalue weighted by atomic mass is 9.53. The summed E-state index contributed by atoms with van der Waals surface area (Å²) in [5.74, 6) is -0.0303. The summed E-state index contributed by atoms with van der Waals surface area (Å²) in [6, 6.07) is 2.08. The van der Waals surface area contributed by atoms with Crippen molar-refractivity contribution in [1.82, 2.24) is 9.88 Å². The first kappa shape index (κ1) is 25.0. The van der Waals surface area contributed by atoms with Gasteiger partial charge in [-0.2, -0.15) is 17.0 Å². The highest BCUT2D eigenvalue weighted by Gasteiger charge is 2.54. The Labute approximate surface area is 199 Å². The molecule has 1 fully saturated rings. The van der Waals surface area contributed by atoms with E-state index in [0.717, 1.165) is 25.0 Å². The summed E-state index contributed by atoms with van der Waals surface area (Å²) >= 11 is 3.03. The van der Waals surface area contributed by atoms with Gasteiger partial charge in [0, 0.05) is 30.3 Å². The number of nitriles is 1. The van der Waals surface area contributed by atoms with Crippen LogP contribution in [0.3, 0.4) is 0 Å². The van der Waals surface area contributed by atoms with Crippen molar-refractivity contribution in [3.8, 4) is 6.07 Å². The molecular weight excluding hydrogens is 444 g/mol. The molecule has 1 saturated carbocycles. The third kappa shape index (κ3) is 4.82. The maximum Gasteiger partial charge on any atom is 0.236 e. The van der Waals surface area contributed by atoms with Gasteiger partial charge in [0.15, 0.2) is 5.13 Å². The smallest absolute Gasteiger partial charge is 0.236 e. The molecule has 0 bridgehead atoms. The van der Waals surface area contributed by atoms with Crippen molar-refractivity contribution in [3.63, 3.8) is 0 Å². The van der Waals surface area contributed by atoms with Crippen molar-refractivity contribution in [2.45, 2.75) is 58.5 Å². The molecule has 1 aromatic heterocycles. The van der Waals surface area contributed by atoms with Crippen molar-refractivity contribution in [3.05, 3.63) is 10.6 Å². The number of carbonyl (C=O) groups excluding carboxylic acids is 2. The van der Waals surface area contributed by atoms with E-state index in [2.05, 4.69) is 25.2 Å². The van der Waals surface area contributed by atoms with Gasteiger partial charge in [-0.15, -0.1) is 11.3 Å². The fraction of sp³-hybridized carbons (Fsp3) is 0.739. The van der Waals surface area contributed by atoms with Crippen LogP contribution in [0, 0.1) is 34.5 Å². The first-order chi connectivity index (χ1) is 15.1. The topological polar surface area (TPSA) is 106 Å². The van der Waals surface area contributed by atoms with Gasteiger partial charge >= 0.3 is 0 Å². The molecule has 32 heavy (non-hydrogen) atoms. The Hall–Kier alpha value is -1.63. The predicted molar refractivity (Wildman–Crippen MR) is 129 cm³/mol. The number of anilines is 1. The van der Waals surface area contributed by atoms with Crippen LogP contribution in [0.4, 0.5) is 5.13 Å².